The Morgan fingerprint density at radius 2 is 2.38 bits per heavy atom. The number of carbonyl (C=O) groups is 1. The number of carbonyl (C=O) groups excluding carboxylic acids is 1. The molecule has 1 heterocycles. The highest BCUT2D eigenvalue weighted by Gasteiger charge is 2.23. The number of hydrogen-bond acceptors (Lipinski definition) is 2. The smallest absolute Gasteiger partial charge is 0.253 e. The van der Waals surface area contributed by atoms with E-state index in [0.717, 1.165) is 12.8 Å². The Labute approximate surface area is 97.5 Å². The summed E-state index contributed by atoms with van der Waals surface area (Å²) in [5.74, 6) is -0.711. The predicted octanol–water partition coefficient (Wildman–Crippen LogP) is 2.60. The molecule has 0 aromatic heterocycles. The molecule has 1 aliphatic rings. The molecular formula is C11H11ClFNO2. The predicted molar refractivity (Wildman–Crippen MR) is 59.0 cm³/mol. The van der Waals surface area contributed by atoms with Gasteiger partial charge in [0.2, 0.25) is 0 Å². The van der Waals surface area contributed by atoms with Crippen molar-refractivity contribution < 1.29 is 13.9 Å². The number of nitrogens with one attached hydrogen (secondary N) is 1. The zero-order valence-electron chi connectivity index (χ0n) is 8.50. The highest BCUT2D eigenvalue weighted by atomic mass is 35.5. The van der Waals surface area contributed by atoms with Crippen LogP contribution in [0.2, 0.25) is 5.02 Å². The van der Waals surface area contributed by atoms with Crippen molar-refractivity contribution in [3.63, 3.8) is 0 Å². The van der Waals surface area contributed by atoms with Crippen molar-refractivity contribution in [3.05, 3.63) is 29.0 Å². The van der Waals surface area contributed by atoms with Gasteiger partial charge < -0.3 is 10.1 Å². The fourth-order valence-corrected chi connectivity index (χ4v) is 1.76. The van der Waals surface area contributed by atoms with E-state index in [1.165, 1.54) is 18.2 Å². The van der Waals surface area contributed by atoms with Gasteiger partial charge in [0.1, 0.15) is 11.9 Å². The van der Waals surface area contributed by atoms with Crippen LogP contribution in [-0.2, 0) is 9.53 Å². The third kappa shape index (κ3) is 2.51. The highest BCUT2D eigenvalue weighted by Crippen LogP contribution is 2.20. The van der Waals surface area contributed by atoms with Gasteiger partial charge in [0, 0.05) is 12.3 Å². The van der Waals surface area contributed by atoms with Gasteiger partial charge in [-0.1, -0.05) is 11.6 Å². The Morgan fingerprint density at radius 1 is 1.56 bits per heavy atom. The van der Waals surface area contributed by atoms with E-state index in [2.05, 4.69) is 5.32 Å². The summed E-state index contributed by atoms with van der Waals surface area (Å²) in [6.45, 7) is 0.613. The minimum atomic E-state index is -0.503. The summed E-state index contributed by atoms with van der Waals surface area (Å²) in [6.07, 6.45) is 1.21. The average Bonchev–Trinajstić information content (AvgIpc) is 2.77. The zero-order valence-corrected chi connectivity index (χ0v) is 9.26. The number of rotatable bonds is 2. The molecule has 2 rings (SSSR count). The van der Waals surface area contributed by atoms with Crippen LogP contribution in [-0.4, -0.2) is 18.6 Å². The first kappa shape index (κ1) is 11.4. The van der Waals surface area contributed by atoms with Crippen LogP contribution in [0.15, 0.2) is 18.2 Å². The van der Waals surface area contributed by atoms with Gasteiger partial charge in [-0.2, -0.15) is 0 Å². The van der Waals surface area contributed by atoms with Gasteiger partial charge in [-0.05, 0) is 31.0 Å². The summed E-state index contributed by atoms with van der Waals surface area (Å²) in [5.41, 5.74) is 0.479. The van der Waals surface area contributed by atoms with E-state index in [1.54, 1.807) is 0 Å². The van der Waals surface area contributed by atoms with Crippen LogP contribution in [0.4, 0.5) is 10.1 Å². The molecule has 1 atom stereocenters. The van der Waals surface area contributed by atoms with Crippen LogP contribution in [0.3, 0.4) is 0 Å². The van der Waals surface area contributed by atoms with Crippen molar-refractivity contribution in [2.75, 3.05) is 11.9 Å². The fraction of sp³-hybridized carbons (Fsp3) is 0.364. The molecule has 1 aliphatic heterocycles. The molecular weight excluding hydrogens is 233 g/mol. The summed E-state index contributed by atoms with van der Waals surface area (Å²) in [4.78, 5) is 11.6. The Morgan fingerprint density at radius 3 is 3.00 bits per heavy atom. The largest absolute Gasteiger partial charge is 0.368 e. The topological polar surface area (TPSA) is 38.3 Å². The van der Waals surface area contributed by atoms with Gasteiger partial charge in [0.15, 0.2) is 0 Å². The van der Waals surface area contributed by atoms with Gasteiger partial charge in [-0.3, -0.25) is 4.79 Å². The second-order valence-corrected chi connectivity index (χ2v) is 4.03. The van der Waals surface area contributed by atoms with E-state index in [4.69, 9.17) is 16.3 Å². The Bertz CT molecular complexity index is 405. The van der Waals surface area contributed by atoms with Crippen LogP contribution in [0.25, 0.3) is 0 Å². The number of amides is 1. The molecule has 0 bridgehead atoms. The molecule has 0 saturated carbocycles. The van der Waals surface area contributed by atoms with Gasteiger partial charge in [-0.25, -0.2) is 4.39 Å². The van der Waals surface area contributed by atoms with Crippen LogP contribution >= 0.6 is 11.6 Å². The van der Waals surface area contributed by atoms with Crippen molar-refractivity contribution in [1.29, 1.82) is 0 Å². The molecule has 86 valence electrons. The maximum Gasteiger partial charge on any atom is 0.253 e. The Balaban J connectivity index is 2.02. The number of halogens is 2. The van der Waals surface area contributed by atoms with Crippen LogP contribution < -0.4 is 5.32 Å². The Kier molecular flexibility index (Phi) is 3.41. The van der Waals surface area contributed by atoms with E-state index in [1.807, 2.05) is 0 Å². The summed E-state index contributed by atoms with van der Waals surface area (Å²) in [7, 11) is 0. The van der Waals surface area contributed by atoms with Crippen molar-refractivity contribution >= 4 is 23.2 Å². The van der Waals surface area contributed by atoms with E-state index >= 15 is 0 Å². The summed E-state index contributed by atoms with van der Waals surface area (Å²) < 4.78 is 18.1. The van der Waals surface area contributed by atoms with Gasteiger partial charge in [0.25, 0.3) is 5.91 Å². The van der Waals surface area contributed by atoms with E-state index in [-0.39, 0.29) is 10.9 Å². The first-order valence-corrected chi connectivity index (χ1v) is 5.42. The van der Waals surface area contributed by atoms with Gasteiger partial charge in [0.05, 0.1) is 5.02 Å². The number of ether oxygens (including phenoxy) is 1. The lowest BCUT2D eigenvalue weighted by Crippen LogP contribution is -2.26. The normalized spacial score (nSPS) is 19.8. The summed E-state index contributed by atoms with van der Waals surface area (Å²) in [6, 6.07) is 4.06. The summed E-state index contributed by atoms with van der Waals surface area (Å²) >= 11 is 5.60. The van der Waals surface area contributed by atoms with Crippen molar-refractivity contribution in [1.82, 2.24) is 0 Å². The molecule has 1 aromatic carbocycles. The molecule has 1 saturated heterocycles. The molecule has 0 spiro atoms. The third-order valence-electron chi connectivity index (χ3n) is 2.41. The lowest BCUT2D eigenvalue weighted by Gasteiger charge is -2.10. The Hall–Kier alpha value is -1.13. The van der Waals surface area contributed by atoms with Crippen molar-refractivity contribution in [2.45, 2.75) is 18.9 Å². The standard InChI is InChI=1S/C11H11ClFNO2/c12-8-6-7(3-4-9(8)13)14-11(15)10-2-1-5-16-10/h3-4,6,10H,1-2,5H2,(H,14,15). The molecule has 0 radical (unpaired) electrons. The average molecular weight is 244 g/mol. The first-order valence-electron chi connectivity index (χ1n) is 5.04. The first-order chi connectivity index (χ1) is 7.66. The second kappa shape index (κ2) is 4.80. The zero-order chi connectivity index (χ0) is 11.5. The van der Waals surface area contributed by atoms with Crippen LogP contribution in [0.1, 0.15) is 12.8 Å². The molecule has 0 aliphatic carbocycles. The van der Waals surface area contributed by atoms with Crippen molar-refractivity contribution in [3.8, 4) is 0 Å². The van der Waals surface area contributed by atoms with Crippen molar-refractivity contribution in [2.24, 2.45) is 0 Å². The fourth-order valence-electron chi connectivity index (χ4n) is 1.58. The number of hydrogen-bond donors (Lipinski definition) is 1. The minimum absolute atomic E-state index is 0.00913. The van der Waals surface area contributed by atoms with E-state index in [9.17, 15) is 9.18 Å². The molecule has 1 aromatic rings. The van der Waals surface area contributed by atoms with E-state index < -0.39 is 11.9 Å². The maximum atomic E-state index is 12.9. The molecule has 1 N–H and O–H groups in total. The molecule has 16 heavy (non-hydrogen) atoms. The maximum absolute atomic E-state index is 12.9. The molecule has 1 fully saturated rings. The lowest BCUT2D eigenvalue weighted by atomic mass is 10.2. The number of benzene rings is 1. The third-order valence-corrected chi connectivity index (χ3v) is 2.70. The monoisotopic (exact) mass is 243 g/mol. The van der Waals surface area contributed by atoms with Crippen LogP contribution in [0, 0.1) is 5.82 Å². The summed E-state index contributed by atoms with van der Waals surface area (Å²) in [5, 5.41) is 2.63. The minimum Gasteiger partial charge on any atom is -0.368 e. The molecule has 1 amide bonds. The molecule has 1 unspecified atom stereocenters. The quantitative estimate of drug-likeness (QED) is 0.867. The van der Waals surface area contributed by atoms with Crippen LogP contribution in [0.5, 0.6) is 0 Å². The number of anilines is 1. The SMILES string of the molecule is O=C(Nc1ccc(F)c(Cl)c1)C1CCCO1. The van der Waals surface area contributed by atoms with Gasteiger partial charge >= 0.3 is 0 Å². The lowest BCUT2D eigenvalue weighted by molar-refractivity contribution is -0.124. The molecule has 5 heteroatoms. The van der Waals surface area contributed by atoms with E-state index in [0.29, 0.717) is 12.3 Å². The highest BCUT2D eigenvalue weighted by molar-refractivity contribution is 6.31. The molecule has 3 nitrogen and oxygen atoms in total. The second-order valence-electron chi connectivity index (χ2n) is 3.62. The van der Waals surface area contributed by atoms with Gasteiger partial charge in [-0.15, -0.1) is 0 Å².